The van der Waals surface area contributed by atoms with Crippen LogP contribution < -0.4 is 4.90 Å². The van der Waals surface area contributed by atoms with Gasteiger partial charge in [0, 0.05) is 0 Å². The van der Waals surface area contributed by atoms with Crippen molar-refractivity contribution in [2.45, 2.75) is 103 Å². The zero-order valence-electron chi connectivity index (χ0n) is 25.2. The van der Waals surface area contributed by atoms with Gasteiger partial charge in [0.15, 0.2) is 29.0 Å². The molecule has 4 heterocycles. The zero-order chi connectivity index (χ0) is 32.9. The van der Waals surface area contributed by atoms with Crippen LogP contribution in [0.1, 0.15) is 61.6 Å². The SMILES string of the molecule is CC(C)(C)OC(=O)N(C(=O)OC(C)(C)C)c1nc(Cl)nc2c1ncn2[C@@H]1O[C@H](COC(C(=O)O)P(=O)=O)[C@H]2OC(C)(C)O[C@H]21. The van der Waals surface area contributed by atoms with Gasteiger partial charge in [-0.25, -0.2) is 28.5 Å². The summed E-state index contributed by atoms with van der Waals surface area (Å²) in [4.78, 5) is 51.2. The molecule has 2 amide bonds. The number of rotatable bonds is 7. The third-order valence-electron chi connectivity index (χ3n) is 5.96. The van der Waals surface area contributed by atoms with E-state index in [1.807, 2.05) is 0 Å². The lowest BCUT2D eigenvalue weighted by Gasteiger charge is -2.28. The molecule has 2 saturated heterocycles. The molecule has 2 aliphatic rings. The monoisotopic (exact) mass is 661 g/mol. The number of imidazole rings is 1. The average Bonchev–Trinajstić information content (AvgIpc) is 3.47. The van der Waals surface area contributed by atoms with Crippen LogP contribution in [0.2, 0.25) is 5.28 Å². The van der Waals surface area contributed by atoms with Gasteiger partial charge in [0.25, 0.3) is 5.85 Å². The van der Waals surface area contributed by atoms with E-state index in [1.165, 1.54) is 10.9 Å². The van der Waals surface area contributed by atoms with Gasteiger partial charge in [0.05, 0.1) is 12.9 Å². The van der Waals surface area contributed by atoms with E-state index in [2.05, 4.69) is 15.0 Å². The highest BCUT2D eigenvalue weighted by atomic mass is 35.5. The van der Waals surface area contributed by atoms with Gasteiger partial charge >= 0.3 is 25.8 Å². The first kappa shape index (κ1) is 33.7. The van der Waals surface area contributed by atoms with Crippen molar-refractivity contribution in [2.24, 2.45) is 0 Å². The second-order valence-corrected chi connectivity index (χ2v) is 13.8. The summed E-state index contributed by atoms with van der Waals surface area (Å²) < 4.78 is 58.3. The molecule has 5 atom stereocenters. The van der Waals surface area contributed by atoms with E-state index < -0.39 is 79.8 Å². The maximum Gasteiger partial charge on any atom is 0.425 e. The third-order valence-corrected chi connectivity index (χ3v) is 6.88. The van der Waals surface area contributed by atoms with Crippen LogP contribution in [0.15, 0.2) is 6.33 Å². The summed E-state index contributed by atoms with van der Waals surface area (Å²) in [6, 6.07) is 0. The normalized spacial score (nSPS) is 23.7. The van der Waals surface area contributed by atoms with Crippen LogP contribution in [0.3, 0.4) is 0 Å². The van der Waals surface area contributed by atoms with Gasteiger partial charge in [-0.1, -0.05) is 0 Å². The molecule has 0 aliphatic carbocycles. The van der Waals surface area contributed by atoms with Crippen molar-refractivity contribution in [3.8, 4) is 0 Å². The Kier molecular flexibility index (Phi) is 9.14. The lowest BCUT2D eigenvalue weighted by atomic mass is 10.1. The van der Waals surface area contributed by atoms with E-state index in [9.17, 15) is 28.6 Å². The van der Waals surface area contributed by atoms with Crippen LogP contribution >= 0.6 is 19.3 Å². The predicted octanol–water partition coefficient (Wildman–Crippen LogP) is 4.17. The zero-order valence-corrected chi connectivity index (χ0v) is 26.8. The number of fused-ring (bicyclic) bond motifs is 2. The second kappa shape index (κ2) is 11.9. The van der Waals surface area contributed by atoms with Crippen molar-refractivity contribution in [2.75, 3.05) is 11.5 Å². The molecule has 0 aromatic carbocycles. The van der Waals surface area contributed by atoms with E-state index in [0.717, 1.165) is 0 Å². The number of carboxylic acids is 1. The number of aliphatic carboxylic acids is 1. The maximum atomic E-state index is 13.3. The van der Waals surface area contributed by atoms with Gasteiger partial charge < -0.3 is 33.5 Å². The second-order valence-electron chi connectivity index (χ2n) is 12.4. The third kappa shape index (κ3) is 7.35. The molecule has 0 saturated carbocycles. The Labute approximate surface area is 256 Å². The number of amides is 2. The molecule has 2 aromatic rings. The Morgan fingerprint density at radius 1 is 1.07 bits per heavy atom. The fourth-order valence-electron chi connectivity index (χ4n) is 4.51. The summed E-state index contributed by atoms with van der Waals surface area (Å²) in [5.74, 6) is -5.22. The molecule has 0 bridgehead atoms. The highest BCUT2D eigenvalue weighted by molar-refractivity contribution is 7.32. The number of carboxylic acid groups (broad SMARTS) is 1. The standard InChI is InChI=1S/C25H33ClN5O12P/c1-23(2,3)42-21(34)31(22(35)43-24(4,5)6)16-12-15(28-20(26)29-16)30(10-27-12)17-14-13(40-25(7,8)41-14)11(39-17)9-38-19(18(32)33)44(36)37/h10-11,13-14,17,19H,9H2,1-8H3,(H,32,33)/t11-,13-,14-,17-,19?/m1/s1. The number of carbonyl (C=O) groups excluding carboxylic acids is 2. The summed E-state index contributed by atoms with van der Waals surface area (Å²) in [6.07, 6.45) is -4.63. The largest absolute Gasteiger partial charge is 0.479 e. The molecular formula is C25H33ClN5O12P. The van der Waals surface area contributed by atoms with Crippen LogP contribution in [-0.2, 0) is 42.3 Å². The highest BCUT2D eigenvalue weighted by Gasteiger charge is 2.56. The number of imide groups is 1. The number of hydrogen-bond acceptors (Lipinski definition) is 14. The van der Waals surface area contributed by atoms with Gasteiger partial charge in [-0.05, 0) is 67.0 Å². The topological polar surface area (TPSA) is 208 Å². The van der Waals surface area contributed by atoms with Crippen LogP contribution in [-0.4, -0.2) is 90.5 Å². The van der Waals surface area contributed by atoms with E-state index in [1.54, 1.807) is 55.4 Å². The van der Waals surface area contributed by atoms with Gasteiger partial charge in [-0.15, -0.1) is 0 Å². The Bertz CT molecular complexity index is 1500. The number of carbonyl (C=O) groups is 3. The molecule has 2 fully saturated rings. The maximum absolute atomic E-state index is 13.3. The Hall–Kier alpha value is -3.21. The van der Waals surface area contributed by atoms with Gasteiger partial charge in [-0.2, -0.15) is 14.9 Å². The van der Waals surface area contributed by atoms with Crippen LogP contribution in [0, 0.1) is 0 Å². The molecule has 1 N–H and O–H groups in total. The smallest absolute Gasteiger partial charge is 0.425 e. The van der Waals surface area contributed by atoms with Crippen molar-refractivity contribution >= 4 is 54.4 Å². The molecule has 19 heteroatoms. The van der Waals surface area contributed by atoms with Gasteiger partial charge in [0.1, 0.15) is 29.5 Å². The van der Waals surface area contributed by atoms with Gasteiger partial charge in [-0.3, -0.25) is 4.57 Å². The minimum Gasteiger partial charge on any atom is -0.479 e. The van der Waals surface area contributed by atoms with Crippen molar-refractivity contribution in [1.82, 2.24) is 19.5 Å². The van der Waals surface area contributed by atoms with E-state index >= 15 is 0 Å². The average molecular weight is 662 g/mol. The molecule has 0 spiro atoms. The molecular weight excluding hydrogens is 629 g/mol. The first-order chi connectivity index (χ1) is 20.2. The van der Waals surface area contributed by atoms with Crippen LogP contribution in [0.5, 0.6) is 0 Å². The Morgan fingerprint density at radius 3 is 2.16 bits per heavy atom. The lowest BCUT2D eigenvalue weighted by molar-refractivity contribution is -0.202. The van der Waals surface area contributed by atoms with Crippen LogP contribution in [0.25, 0.3) is 11.2 Å². The molecule has 2 aliphatic heterocycles. The first-order valence-corrected chi connectivity index (χ1v) is 14.9. The number of ether oxygens (including phenoxy) is 6. The highest BCUT2D eigenvalue weighted by Crippen LogP contribution is 2.44. The molecule has 0 radical (unpaired) electrons. The quantitative estimate of drug-likeness (QED) is 0.326. The van der Waals surface area contributed by atoms with E-state index in [-0.39, 0.29) is 22.3 Å². The molecule has 2 aromatic heterocycles. The van der Waals surface area contributed by atoms with Crippen molar-refractivity contribution in [3.05, 3.63) is 11.6 Å². The fourth-order valence-corrected chi connectivity index (χ4v) is 5.05. The summed E-state index contributed by atoms with van der Waals surface area (Å²) in [7, 11) is -3.45. The molecule has 242 valence electrons. The fraction of sp³-hybridized carbons (Fsp3) is 0.680. The molecule has 17 nitrogen and oxygen atoms in total. The number of hydrogen-bond donors (Lipinski definition) is 1. The van der Waals surface area contributed by atoms with E-state index in [4.69, 9.17) is 40.0 Å². The molecule has 44 heavy (non-hydrogen) atoms. The van der Waals surface area contributed by atoms with Crippen molar-refractivity contribution < 1.29 is 57.0 Å². The summed E-state index contributed by atoms with van der Waals surface area (Å²) >= 11 is 6.28. The summed E-state index contributed by atoms with van der Waals surface area (Å²) in [6.45, 7) is 12.5. The molecule has 1 unspecified atom stereocenters. The number of nitrogens with zero attached hydrogens (tertiary/aromatic N) is 5. The van der Waals surface area contributed by atoms with Gasteiger partial charge in [0.2, 0.25) is 5.28 Å². The predicted molar refractivity (Wildman–Crippen MR) is 149 cm³/mol. The van der Waals surface area contributed by atoms with Crippen molar-refractivity contribution in [3.63, 3.8) is 0 Å². The number of anilines is 1. The molecule has 4 rings (SSSR count). The Morgan fingerprint density at radius 2 is 1.64 bits per heavy atom. The Balaban J connectivity index is 1.76. The summed E-state index contributed by atoms with van der Waals surface area (Å²) in [5.41, 5.74) is -2.04. The number of halogens is 1. The van der Waals surface area contributed by atoms with Crippen molar-refractivity contribution in [1.29, 1.82) is 0 Å². The van der Waals surface area contributed by atoms with Crippen LogP contribution in [0.4, 0.5) is 15.4 Å². The minimum atomic E-state index is -3.45. The summed E-state index contributed by atoms with van der Waals surface area (Å²) in [5, 5.41) is 8.83. The number of aromatic nitrogens is 4. The van der Waals surface area contributed by atoms with E-state index in [0.29, 0.717) is 4.90 Å². The first-order valence-electron chi connectivity index (χ1n) is 13.3. The minimum absolute atomic E-state index is 0.0155. The lowest BCUT2D eigenvalue weighted by Crippen LogP contribution is -2.44.